The summed E-state index contributed by atoms with van der Waals surface area (Å²) in [5, 5.41) is 9.45. The molecule has 2 aromatic carbocycles. The molecule has 8 nitrogen and oxygen atoms in total. The van der Waals surface area contributed by atoms with Crippen LogP contribution in [0, 0.1) is 6.92 Å². The first-order valence-corrected chi connectivity index (χ1v) is 9.30. The van der Waals surface area contributed by atoms with E-state index in [1.807, 2.05) is 31.2 Å². The Kier molecular flexibility index (Phi) is 6.59. The summed E-state index contributed by atoms with van der Waals surface area (Å²) in [6.45, 7) is 2.04. The number of nitrogens with zero attached hydrogens (tertiary/aromatic N) is 2. The van der Waals surface area contributed by atoms with E-state index in [0.717, 1.165) is 15.8 Å². The van der Waals surface area contributed by atoms with Crippen molar-refractivity contribution in [1.82, 2.24) is 15.1 Å². The zero-order valence-corrected chi connectivity index (χ0v) is 16.7. The van der Waals surface area contributed by atoms with E-state index in [9.17, 15) is 14.4 Å². The average Bonchev–Trinajstić information content (AvgIpc) is 2.75. The maximum Gasteiger partial charge on any atom is 0.276 e. The van der Waals surface area contributed by atoms with Crippen molar-refractivity contribution in [3.63, 3.8) is 0 Å². The summed E-state index contributed by atoms with van der Waals surface area (Å²) in [5.74, 6) is -0.205. The Bertz CT molecular complexity index is 1090. The topological polar surface area (TPSA) is 102 Å². The van der Waals surface area contributed by atoms with Gasteiger partial charge in [-0.2, -0.15) is 5.10 Å². The van der Waals surface area contributed by atoms with E-state index < -0.39 is 11.5 Å². The van der Waals surface area contributed by atoms with E-state index in [-0.39, 0.29) is 18.1 Å². The van der Waals surface area contributed by atoms with Crippen molar-refractivity contribution in [2.45, 2.75) is 20.0 Å². The number of amides is 2. The first-order chi connectivity index (χ1) is 14.4. The van der Waals surface area contributed by atoms with E-state index >= 15 is 0 Å². The highest BCUT2D eigenvalue weighted by atomic mass is 16.5. The van der Waals surface area contributed by atoms with Crippen molar-refractivity contribution >= 4 is 17.5 Å². The van der Waals surface area contributed by atoms with Crippen LogP contribution in [0.1, 0.15) is 21.6 Å². The molecular formula is C22H22N4O4. The Labute approximate surface area is 173 Å². The quantitative estimate of drug-likeness (QED) is 0.626. The van der Waals surface area contributed by atoms with Gasteiger partial charge in [0.1, 0.15) is 18.0 Å². The van der Waals surface area contributed by atoms with Crippen LogP contribution in [0.4, 0.5) is 5.69 Å². The Morgan fingerprint density at radius 1 is 1.00 bits per heavy atom. The lowest BCUT2D eigenvalue weighted by Crippen LogP contribution is -2.34. The van der Waals surface area contributed by atoms with Gasteiger partial charge in [-0.3, -0.25) is 14.4 Å². The van der Waals surface area contributed by atoms with Crippen LogP contribution < -0.4 is 20.9 Å². The molecule has 3 rings (SSSR count). The van der Waals surface area contributed by atoms with Crippen LogP contribution in [0.3, 0.4) is 0 Å². The predicted molar refractivity (Wildman–Crippen MR) is 112 cm³/mol. The number of carbonyl (C=O) groups excluding carboxylic acids is 2. The molecule has 0 saturated carbocycles. The molecule has 1 aromatic heterocycles. The monoisotopic (exact) mass is 406 g/mol. The van der Waals surface area contributed by atoms with E-state index in [1.165, 1.54) is 12.1 Å². The Morgan fingerprint density at radius 2 is 1.70 bits per heavy atom. The number of anilines is 1. The zero-order chi connectivity index (χ0) is 21.5. The number of hydrogen-bond donors (Lipinski definition) is 2. The number of benzene rings is 2. The first kappa shape index (κ1) is 20.8. The van der Waals surface area contributed by atoms with Crippen LogP contribution in [-0.2, 0) is 17.9 Å². The molecule has 2 amide bonds. The molecule has 0 bridgehead atoms. The van der Waals surface area contributed by atoms with Gasteiger partial charge in [0.2, 0.25) is 5.91 Å². The van der Waals surface area contributed by atoms with Gasteiger partial charge < -0.3 is 15.4 Å². The number of aryl methyl sites for hydroxylation is 1. The van der Waals surface area contributed by atoms with Crippen LogP contribution in [-0.4, -0.2) is 28.7 Å². The Morgan fingerprint density at radius 3 is 2.37 bits per heavy atom. The highest BCUT2D eigenvalue weighted by Gasteiger charge is 2.12. The number of nitrogens with one attached hydrogen (secondary N) is 2. The van der Waals surface area contributed by atoms with Crippen LogP contribution >= 0.6 is 0 Å². The summed E-state index contributed by atoms with van der Waals surface area (Å²) < 4.78 is 6.04. The summed E-state index contributed by atoms with van der Waals surface area (Å²) in [4.78, 5) is 36.7. The number of aromatic nitrogens is 2. The van der Waals surface area contributed by atoms with Gasteiger partial charge in [-0.15, -0.1) is 0 Å². The average molecular weight is 406 g/mol. The second-order valence-corrected chi connectivity index (χ2v) is 6.66. The Hall–Kier alpha value is -3.94. The van der Waals surface area contributed by atoms with E-state index in [1.54, 1.807) is 31.4 Å². The summed E-state index contributed by atoms with van der Waals surface area (Å²) >= 11 is 0. The minimum Gasteiger partial charge on any atom is -0.497 e. The van der Waals surface area contributed by atoms with Crippen LogP contribution in [0.25, 0.3) is 0 Å². The van der Waals surface area contributed by atoms with Crippen molar-refractivity contribution in [2.24, 2.45) is 0 Å². The second-order valence-electron chi connectivity index (χ2n) is 6.66. The third kappa shape index (κ3) is 5.54. The van der Waals surface area contributed by atoms with E-state index in [2.05, 4.69) is 15.7 Å². The molecule has 154 valence electrons. The van der Waals surface area contributed by atoms with Crippen LogP contribution in [0.15, 0.2) is 65.5 Å². The molecule has 0 unspecified atom stereocenters. The molecular weight excluding hydrogens is 384 g/mol. The van der Waals surface area contributed by atoms with Crippen molar-refractivity contribution in [1.29, 1.82) is 0 Å². The van der Waals surface area contributed by atoms with E-state index in [4.69, 9.17) is 4.74 Å². The van der Waals surface area contributed by atoms with Gasteiger partial charge in [-0.25, -0.2) is 4.68 Å². The Balaban J connectivity index is 1.63. The van der Waals surface area contributed by atoms with Crippen LogP contribution in [0.5, 0.6) is 5.75 Å². The van der Waals surface area contributed by atoms with Gasteiger partial charge in [0.15, 0.2) is 0 Å². The molecule has 3 aromatic rings. The van der Waals surface area contributed by atoms with Gasteiger partial charge in [-0.1, -0.05) is 29.8 Å². The normalized spacial score (nSPS) is 10.3. The van der Waals surface area contributed by atoms with Gasteiger partial charge >= 0.3 is 0 Å². The minimum atomic E-state index is -0.492. The molecule has 8 heteroatoms. The summed E-state index contributed by atoms with van der Waals surface area (Å²) in [6.07, 6.45) is 0. The fourth-order valence-electron chi connectivity index (χ4n) is 2.65. The van der Waals surface area contributed by atoms with Crippen molar-refractivity contribution < 1.29 is 14.3 Å². The molecule has 0 saturated heterocycles. The molecule has 0 radical (unpaired) electrons. The lowest BCUT2D eigenvalue weighted by molar-refractivity contribution is -0.122. The zero-order valence-electron chi connectivity index (χ0n) is 16.7. The van der Waals surface area contributed by atoms with Crippen molar-refractivity contribution in [2.75, 3.05) is 12.4 Å². The van der Waals surface area contributed by atoms with Gasteiger partial charge in [0.25, 0.3) is 11.5 Å². The lowest BCUT2D eigenvalue weighted by Gasteiger charge is -2.09. The number of methoxy groups -OCH3 is 1. The minimum absolute atomic E-state index is 0.0248. The first-order valence-electron chi connectivity index (χ1n) is 9.30. The maximum atomic E-state index is 12.4. The summed E-state index contributed by atoms with van der Waals surface area (Å²) in [7, 11) is 1.55. The number of carbonyl (C=O) groups is 2. The van der Waals surface area contributed by atoms with Gasteiger partial charge in [-0.05, 0) is 42.8 Å². The fourth-order valence-corrected chi connectivity index (χ4v) is 2.65. The second kappa shape index (κ2) is 9.51. The molecule has 0 aliphatic heterocycles. The third-order valence-electron chi connectivity index (χ3n) is 4.35. The molecule has 30 heavy (non-hydrogen) atoms. The van der Waals surface area contributed by atoms with Gasteiger partial charge in [0, 0.05) is 18.3 Å². The van der Waals surface area contributed by atoms with Crippen molar-refractivity contribution in [3.8, 4) is 5.75 Å². The highest BCUT2D eigenvalue weighted by Crippen LogP contribution is 2.15. The molecule has 0 aliphatic carbocycles. The number of ether oxygens (including phenoxy) is 1. The van der Waals surface area contributed by atoms with E-state index in [0.29, 0.717) is 18.0 Å². The SMILES string of the molecule is COc1ccc(NC(=O)c2ccc(=O)n(CC(=O)NCc3ccc(C)cc3)n2)cc1. The largest absolute Gasteiger partial charge is 0.497 e. The molecule has 0 atom stereocenters. The summed E-state index contributed by atoms with van der Waals surface area (Å²) in [6, 6.07) is 17.1. The lowest BCUT2D eigenvalue weighted by atomic mass is 10.1. The molecule has 0 spiro atoms. The van der Waals surface area contributed by atoms with Crippen molar-refractivity contribution in [3.05, 3.63) is 87.8 Å². The molecule has 1 heterocycles. The predicted octanol–water partition coefficient (Wildman–Crippen LogP) is 2.13. The molecule has 0 fully saturated rings. The smallest absolute Gasteiger partial charge is 0.276 e. The fraction of sp³-hybridized carbons (Fsp3) is 0.182. The van der Waals surface area contributed by atoms with Gasteiger partial charge in [0.05, 0.1) is 7.11 Å². The summed E-state index contributed by atoms with van der Waals surface area (Å²) in [5.41, 5.74) is 2.18. The number of hydrogen-bond acceptors (Lipinski definition) is 5. The van der Waals surface area contributed by atoms with Crippen LogP contribution in [0.2, 0.25) is 0 Å². The molecule has 0 aliphatic rings. The third-order valence-corrected chi connectivity index (χ3v) is 4.35. The standard InChI is InChI=1S/C22H22N4O4/c1-15-3-5-16(6-4-15)13-23-20(27)14-26-21(28)12-11-19(25-26)22(29)24-17-7-9-18(30-2)10-8-17/h3-12H,13-14H2,1-2H3,(H,23,27)(H,24,29). The molecule has 2 N–H and O–H groups in total. The highest BCUT2D eigenvalue weighted by molar-refractivity contribution is 6.02. The number of rotatable bonds is 7. The maximum absolute atomic E-state index is 12.4.